The van der Waals surface area contributed by atoms with Crippen LogP contribution < -0.4 is 10.1 Å². The Morgan fingerprint density at radius 3 is 2.60 bits per heavy atom. The number of nitrogens with one attached hydrogen (secondary N) is 1. The number of rotatable bonds is 4. The number of carbonyl (C=O) groups excluding carboxylic acids is 2. The molecule has 0 bridgehead atoms. The predicted octanol–water partition coefficient (Wildman–Crippen LogP) is 2.20. The number of nitrogens with zero attached hydrogens (tertiary/aromatic N) is 2. The first-order valence-electron chi connectivity index (χ1n) is 7.59. The van der Waals surface area contributed by atoms with Crippen molar-refractivity contribution >= 4 is 18.2 Å². The average Bonchev–Trinajstić information content (AvgIpc) is 2.85. The number of phenolic OH excluding ortho intramolecular Hbond substituents is 1. The van der Waals surface area contributed by atoms with Gasteiger partial charge >= 0.3 is 6.03 Å². The number of amides is 3. The van der Waals surface area contributed by atoms with Gasteiger partial charge in [-0.05, 0) is 30.7 Å². The number of hydrazone groups is 1. The van der Waals surface area contributed by atoms with E-state index in [-0.39, 0.29) is 5.75 Å². The van der Waals surface area contributed by atoms with Crippen molar-refractivity contribution in [3.63, 3.8) is 0 Å². The van der Waals surface area contributed by atoms with Crippen molar-refractivity contribution in [2.75, 3.05) is 7.11 Å². The molecule has 7 nitrogen and oxygen atoms in total. The SMILES string of the molecule is COc1ccc(O)c(/C=N/N2C(=O)N[C@](C)(c3ccccc3)C2=O)c1. The van der Waals surface area contributed by atoms with Gasteiger partial charge in [-0.2, -0.15) is 5.10 Å². The molecule has 0 spiro atoms. The van der Waals surface area contributed by atoms with Gasteiger partial charge in [0, 0.05) is 5.56 Å². The molecule has 25 heavy (non-hydrogen) atoms. The summed E-state index contributed by atoms with van der Waals surface area (Å²) in [7, 11) is 1.50. The van der Waals surface area contributed by atoms with E-state index in [0.29, 0.717) is 16.9 Å². The number of carbonyl (C=O) groups is 2. The quantitative estimate of drug-likeness (QED) is 0.660. The van der Waals surface area contributed by atoms with E-state index in [1.165, 1.54) is 19.4 Å². The van der Waals surface area contributed by atoms with E-state index in [1.54, 1.807) is 43.3 Å². The number of urea groups is 1. The summed E-state index contributed by atoms with van der Waals surface area (Å²) in [4.78, 5) is 24.9. The van der Waals surface area contributed by atoms with Gasteiger partial charge in [-0.3, -0.25) is 4.79 Å². The Kier molecular flexibility index (Phi) is 4.14. The number of ether oxygens (including phenoxy) is 1. The lowest BCUT2D eigenvalue weighted by atomic mass is 9.92. The minimum absolute atomic E-state index is 0.0394. The van der Waals surface area contributed by atoms with Gasteiger partial charge < -0.3 is 15.2 Å². The van der Waals surface area contributed by atoms with E-state index in [1.807, 2.05) is 6.07 Å². The minimum Gasteiger partial charge on any atom is -0.507 e. The molecule has 2 aromatic carbocycles. The predicted molar refractivity (Wildman–Crippen MR) is 91.4 cm³/mol. The summed E-state index contributed by atoms with van der Waals surface area (Å²) >= 11 is 0. The van der Waals surface area contributed by atoms with Crippen LogP contribution in [0.4, 0.5) is 4.79 Å². The summed E-state index contributed by atoms with van der Waals surface area (Å²) in [6.07, 6.45) is 1.24. The molecule has 128 valence electrons. The Balaban J connectivity index is 1.89. The van der Waals surface area contributed by atoms with Crippen LogP contribution in [0.25, 0.3) is 0 Å². The van der Waals surface area contributed by atoms with Crippen molar-refractivity contribution in [2.24, 2.45) is 5.10 Å². The molecule has 3 amide bonds. The largest absolute Gasteiger partial charge is 0.507 e. The number of hydrogen-bond acceptors (Lipinski definition) is 5. The lowest BCUT2D eigenvalue weighted by Gasteiger charge is -2.20. The highest BCUT2D eigenvalue weighted by Gasteiger charge is 2.49. The summed E-state index contributed by atoms with van der Waals surface area (Å²) in [5.41, 5.74) is -0.199. The Bertz CT molecular complexity index is 851. The van der Waals surface area contributed by atoms with Crippen molar-refractivity contribution in [3.8, 4) is 11.5 Å². The van der Waals surface area contributed by atoms with Gasteiger partial charge in [-0.1, -0.05) is 30.3 Å². The van der Waals surface area contributed by atoms with E-state index >= 15 is 0 Å². The van der Waals surface area contributed by atoms with Crippen LogP contribution in [0.1, 0.15) is 18.1 Å². The van der Waals surface area contributed by atoms with E-state index in [9.17, 15) is 14.7 Å². The van der Waals surface area contributed by atoms with Crippen LogP contribution in [-0.4, -0.2) is 35.4 Å². The number of hydrogen-bond donors (Lipinski definition) is 2. The lowest BCUT2D eigenvalue weighted by Crippen LogP contribution is -2.40. The van der Waals surface area contributed by atoms with E-state index < -0.39 is 17.5 Å². The third-order valence-electron chi connectivity index (χ3n) is 4.07. The molecule has 3 rings (SSSR count). The zero-order valence-electron chi connectivity index (χ0n) is 13.8. The Morgan fingerprint density at radius 2 is 1.92 bits per heavy atom. The maximum Gasteiger partial charge on any atom is 0.346 e. The first-order valence-corrected chi connectivity index (χ1v) is 7.59. The van der Waals surface area contributed by atoms with Crippen LogP contribution in [0.2, 0.25) is 0 Å². The molecular formula is C18H17N3O4. The minimum atomic E-state index is -1.19. The second-order valence-corrected chi connectivity index (χ2v) is 5.71. The van der Waals surface area contributed by atoms with Gasteiger partial charge in [-0.15, -0.1) is 5.01 Å². The molecule has 1 saturated heterocycles. The zero-order chi connectivity index (χ0) is 18.0. The topological polar surface area (TPSA) is 91.2 Å². The van der Waals surface area contributed by atoms with Crippen molar-refractivity contribution < 1.29 is 19.4 Å². The molecule has 0 unspecified atom stereocenters. The highest BCUT2D eigenvalue weighted by atomic mass is 16.5. The molecule has 0 radical (unpaired) electrons. The van der Waals surface area contributed by atoms with Gasteiger partial charge in [0.2, 0.25) is 0 Å². The van der Waals surface area contributed by atoms with Gasteiger partial charge in [-0.25, -0.2) is 4.79 Å². The van der Waals surface area contributed by atoms with Crippen molar-refractivity contribution in [3.05, 3.63) is 59.7 Å². The average molecular weight is 339 g/mol. The first kappa shape index (κ1) is 16.5. The fourth-order valence-electron chi connectivity index (χ4n) is 2.58. The first-order chi connectivity index (χ1) is 12.0. The Hall–Kier alpha value is -3.35. The zero-order valence-corrected chi connectivity index (χ0v) is 13.8. The molecule has 1 aliphatic rings. The van der Waals surface area contributed by atoms with E-state index in [0.717, 1.165) is 5.01 Å². The fraction of sp³-hybridized carbons (Fsp3) is 0.167. The van der Waals surface area contributed by atoms with E-state index in [4.69, 9.17) is 4.74 Å². The summed E-state index contributed by atoms with van der Waals surface area (Å²) in [5.74, 6) is -0.0182. The third-order valence-corrected chi connectivity index (χ3v) is 4.07. The van der Waals surface area contributed by atoms with Crippen LogP contribution in [-0.2, 0) is 10.3 Å². The number of phenols is 1. The molecule has 2 N–H and O–H groups in total. The molecule has 1 atom stereocenters. The number of benzene rings is 2. The summed E-state index contributed by atoms with van der Waals surface area (Å²) in [6.45, 7) is 1.63. The smallest absolute Gasteiger partial charge is 0.346 e. The van der Waals surface area contributed by atoms with Crippen molar-refractivity contribution in [1.29, 1.82) is 0 Å². The van der Waals surface area contributed by atoms with Crippen LogP contribution >= 0.6 is 0 Å². The van der Waals surface area contributed by atoms with Crippen molar-refractivity contribution in [1.82, 2.24) is 10.3 Å². The normalized spacial score (nSPS) is 20.2. The molecule has 1 aliphatic heterocycles. The maximum absolute atomic E-state index is 12.7. The number of imide groups is 1. The second kappa shape index (κ2) is 6.27. The van der Waals surface area contributed by atoms with Crippen LogP contribution in [0.3, 0.4) is 0 Å². The van der Waals surface area contributed by atoms with Crippen molar-refractivity contribution in [2.45, 2.75) is 12.5 Å². The monoisotopic (exact) mass is 339 g/mol. The van der Waals surface area contributed by atoms with Crippen LogP contribution in [0, 0.1) is 0 Å². The van der Waals surface area contributed by atoms with Crippen LogP contribution in [0.5, 0.6) is 11.5 Å². The standard InChI is InChI=1S/C18H17N3O4/c1-18(13-6-4-3-5-7-13)16(23)21(17(24)20-18)19-11-12-10-14(25-2)8-9-15(12)22/h3-11,22H,1-2H3,(H,20,24)/b19-11+/t18-/m1/s1. The molecule has 7 heteroatoms. The highest BCUT2D eigenvalue weighted by Crippen LogP contribution is 2.29. The van der Waals surface area contributed by atoms with Gasteiger partial charge in [0.05, 0.1) is 13.3 Å². The molecule has 1 fully saturated rings. The maximum atomic E-state index is 12.7. The summed E-state index contributed by atoms with van der Waals surface area (Å²) in [6, 6.07) is 12.9. The van der Waals surface area contributed by atoms with Gasteiger partial charge in [0.1, 0.15) is 17.0 Å². The molecule has 0 saturated carbocycles. The van der Waals surface area contributed by atoms with E-state index in [2.05, 4.69) is 10.4 Å². The van der Waals surface area contributed by atoms with Gasteiger partial charge in [0.25, 0.3) is 5.91 Å². The Morgan fingerprint density at radius 1 is 1.20 bits per heavy atom. The lowest BCUT2D eigenvalue weighted by molar-refractivity contribution is -0.131. The summed E-state index contributed by atoms with van der Waals surface area (Å²) in [5, 5.41) is 17.2. The van der Waals surface area contributed by atoms with Gasteiger partial charge in [0.15, 0.2) is 0 Å². The molecule has 0 aromatic heterocycles. The molecule has 2 aromatic rings. The number of methoxy groups -OCH3 is 1. The third kappa shape index (κ3) is 2.91. The highest BCUT2D eigenvalue weighted by molar-refractivity contribution is 6.07. The molecular weight excluding hydrogens is 322 g/mol. The second-order valence-electron chi connectivity index (χ2n) is 5.71. The summed E-state index contributed by atoms with van der Waals surface area (Å²) < 4.78 is 5.08. The molecule has 1 heterocycles. The number of aromatic hydroxyl groups is 1. The molecule has 0 aliphatic carbocycles. The Labute approximate surface area is 144 Å². The van der Waals surface area contributed by atoms with Crippen LogP contribution in [0.15, 0.2) is 53.6 Å². The fourth-order valence-corrected chi connectivity index (χ4v) is 2.58.